The molecule has 7 nitrogen and oxygen atoms in total. The number of hydrogen-bond donors (Lipinski definition) is 1. The van der Waals surface area contributed by atoms with Gasteiger partial charge in [-0.05, 0) is 51.8 Å². The van der Waals surface area contributed by atoms with E-state index in [-0.39, 0.29) is 11.1 Å². The minimum Gasteiger partial charge on any atom is -0.342 e. The van der Waals surface area contributed by atoms with Crippen LogP contribution < -0.4 is 10.5 Å². The van der Waals surface area contributed by atoms with Crippen LogP contribution in [0.5, 0.6) is 0 Å². The summed E-state index contributed by atoms with van der Waals surface area (Å²) < 4.78 is 2.99. The van der Waals surface area contributed by atoms with E-state index >= 15 is 0 Å². The van der Waals surface area contributed by atoms with Gasteiger partial charge in [-0.1, -0.05) is 11.6 Å². The minimum atomic E-state index is -0.247. The van der Waals surface area contributed by atoms with E-state index in [1.54, 1.807) is 17.5 Å². The van der Waals surface area contributed by atoms with Crippen molar-refractivity contribution in [2.45, 2.75) is 45.1 Å². The van der Waals surface area contributed by atoms with Gasteiger partial charge in [0.15, 0.2) is 5.65 Å². The lowest BCUT2D eigenvalue weighted by Gasteiger charge is -2.31. The molecule has 156 valence electrons. The Balaban J connectivity index is 1.39. The largest absolute Gasteiger partial charge is 0.342 e. The topological polar surface area (TPSA) is 79.7 Å². The Kier molecular flexibility index (Phi) is 4.59. The second kappa shape index (κ2) is 7.06. The van der Waals surface area contributed by atoms with E-state index in [2.05, 4.69) is 35.8 Å². The van der Waals surface area contributed by atoms with Crippen molar-refractivity contribution >= 4 is 50.1 Å². The second-order valence-corrected chi connectivity index (χ2v) is 10.3. The number of anilines is 1. The highest BCUT2D eigenvalue weighted by atomic mass is 35.5. The van der Waals surface area contributed by atoms with Crippen LogP contribution in [0.1, 0.15) is 44.5 Å². The van der Waals surface area contributed by atoms with Gasteiger partial charge in [-0.15, -0.1) is 11.3 Å². The molecule has 1 N–H and O–H groups in total. The number of thiazole rings is 1. The fourth-order valence-electron chi connectivity index (χ4n) is 3.98. The second-order valence-electron chi connectivity index (χ2n) is 8.78. The molecule has 0 radical (unpaired) electrons. The average Bonchev–Trinajstić information content (AvgIpc) is 3.32. The fraction of sp³-hybridized carbons (Fsp3) is 0.429. The van der Waals surface area contributed by atoms with Crippen LogP contribution in [0.15, 0.2) is 29.2 Å². The highest BCUT2D eigenvalue weighted by molar-refractivity contribution is 7.18. The van der Waals surface area contributed by atoms with Crippen LogP contribution >= 0.6 is 22.9 Å². The molecule has 4 heterocycles. The summed E-state index contributed by atoms with van der Waals surface area (Å²) in [5.74, 6) is 1.03. The van der Waals surface area contributed by atoms with Crippen LogP contribution in [0, 0.1) is 0 Å². The zero-order chi connectivity index (χ0) is 21.0. The van der Waals surface area contributed by atoms with E-state index in [1.807, 2.05) is 22.9 Å². The number of rotatable bonds is 2. The average molecular weight is 443 g/mol. The molecule has 1 aromatic carbocycles. The summed E-state index contributed by atoms with van der Waals surface area (Å²) in [5, 5.41) is 6.79. The Labute approximate surface area is 182 Å². The predicted octanol–water partition coefficient (Wildman–Crippen LogP) is 4.52. The van der Waals surface area contributed by atoms with Gasteiger partial charge in [-0.3, -0.25) is 9.78 Å². The van der Waals surface area contributed by atoms with Crippen molar-refractivity contribution < 1.29 is 0 Å². The fourth-order valence-corrected chi connectivity index (χ4v) is 5.26. The summed E-state index contributed by atoms with van der Waals surface area (Å²) >= 11 is 7.85. The SMILES string of the molecule is CC(C)(C)n1ncc2c(=O)[nH]c(N3CCC(c4nc5cc(Cl)ccc5s4)CC3)nc21. The van der Waals surface area contributed by atoms with E-state index in [1.165, 1.54) is 4.70 Å². The van der Waals surface area contributed by atoms with Gasteiger partial charge in [0.05, 0.1) is 27.0 Å². The van der Waals surface area contributed by atoms with Gasteiger partial charge in [-0.25, -0.2) is 9.67 Å². The quantitative estimate of drug-likeness (QED) is 0.493. The van der Waals surface area contributed by atoms with E-state index in [0.717, 1.165) is 36.5 Å². The smallest absolute Gasteiger partial charge is 0.263 e. The van der Waals surface area contributed by atoms with Gasteiger partial charge >= 0.3 is 0 Å². The first kappa shape index (κ1) is 19.5. The maximum Gasteiger partial charge on any atom is 0.263 e. The zero-order valence-corrected chi connectivity index (χ0v) is 18.7. The Morgan fingerprint density at radius 1 is 1.20 bits per heavy atom. The summed E-state index contributed by atoms with van der Waals surface area (Å²) in [6, 6.07) is 5.87. The van der Waals surface area contributed by atoms with Crippen LogP contribution in [-0.4, -0.2) is 37.8 Å². The molecule has 0 unspecified atom stereocenters. The number of halogens is 1. The van der Waals surface area contributed by atoms with Crippen molar-refractivity contribution in [1.82, 2.24) is 24.7 Å². The van der Waals surface area contributed by atoms with Crippen LogP contribution in [0.2, 0.25) is 5.02 Å². The van der Waals surface area contributed by atoms with Gasteiger partial charge in [0.25, 0.3) is 5.56 Å². The summed E-state index contributed by atoms with van der Waals surface area (Å²) in [7, 11) is 0. The molecule has 1 aliphatic rings. The molecule has 0 saturated carbocycles. The highest BCUT2D eigenvalue weighted by Gasteiger charge is 2.26. The molecule has 1 aliphatic heterocycles. The highest BCUT2D eigenvalue weighted by Crippen LogP contribution is 2.35. The number of nitrogens with one attached hydrogen (secondary N) is 1. The Hall–Kier alpha value is -2.45. The number of benzene rings is 1. The van der Waals surface area contributed by atoms with Crippen LogP contribution in [-0.2, 0) is 5.54 Å². The molecule has 0 bridgehead atoms. The van der Waals surface area contributed by atoms with E-state index in [9.17, 15) is 4.79 Å². The molecule has 1 saturated heterocycles. The molecule has 3 aromatic heterocycles. The monoisotopic (exact) mass is 442 g/mol. The van der Waals surface area contributed by atoms with Gasteiger partial charge < -0.3 is 4.90 Å². The third-order valence-electron chi connectivity index (χ3n) is 5.57. The summed E-state index contributed by atoms with van der Waals surface area (Å²) in [5.41, 5.74) is 1.21. The third kappa shape index (κ3) is 3.37. The Morgan fingerprint density at radius 3 is 2.70 bits per heavy atom. The van der Waals surface area contributed by atoms with Crippen molar-refractivity contribution in [1.29, 1.82) is 0 Å². The molecular formula is C21H23ClN6OS. The number of piperidine rings is 1. The number of aromatic nitrogens is 5. The van der Waals surface area contributed by atoms with Crippen LogP contribution in [0.25, 0.3) is 21.3 Å². The molecule has 4 aromatic rings. The molecule has 0 amide bonds. The molecule has 30 heavy (non-hydrogen) atoms. The summed E-state index contributed by atoms with van der Waals surface area (Å²) in [6.45, 7) is 7.80. The molecule has 5 rings (SSSR count). The third-order valence-corrected chi connectivity index (χ3v) is 7.00. The molecule has 0 aliphatic carbocycles. The van der Waals surface area contributed by atoms with E-state index < -0.39 is 0 Å². The molecule has 9 heteroatoms. The van der Waals surface area contributed by atoms with Crippen LogP contribution in [0.3, 0.4) is 0 Å². The first-order valence-electron chi connectivity index (χ1n) is 10.1. The number of H-pyrrole nitrogens is 1. The standard InChI is InChI=1S/C21H23ClN6OS/c1-21(2,3)28-17-14(11-23-28)18(29)26-20(25-17)27-8-6-12(7-9-27)19-24-15-10-13(22)4-5-16(15)30-19/h4-5,10-12H,6-9H2,1-3H3,(H,25,26,29). The van der Waals surface area contributed by atoms with E-state index in [0.29, 0.717) is 27.9 Å². The van der Waals surface area contributed by atoms with Crippen molar-refractivity contribution in [2.75, 3.05) is 18.0 Å². The minimum absolute atomic E-state index is 0.143. The summed E-state index contributed by atoms with van der Waals surface area (Å²) in [6.07, 6.45) is 3.53. The van der Waals surface area contributed by atoms with Crippen molar-refractivity contribution in [3.63, 3.8) is 0 Å². The molecule has 1 fully saturated rings. The van der Waals surface area contributed by atoms with Gasteiger partial charge in [0.2, 0.25) is 5.95 Å². The zero-order valence-electron chi connectivity index (χ0n) is 17.1. The summed E-state index contributed by atoms with van der Waals surface area (Å²) in [4.78, 5) is 27.3. The lowest BCUT2D eigenvalue weighted by Crippen LogP contribution is -2.35. The maximum atomic E-state index is 12.6. The lowest BCUT2D eigenvalue weighted by molar-refractivity contribution is 0.365. The first-order chi connectivity index (χ1) is 14.3. The Morgan fingerprint density at radius 2 is 1.97 bits per heavy atom. The lowest BCUT2D eigenvalue weighted by atomic mass is 9.98. The molecular weight excluding hydrogens is 420 g/mol. The van der Waals surface area contributed by atoms with Crippen molar-refractivity contribution in [3.05, 3.63) is 44.8 Å². The number of hydrogen-bond acceptors (Lipinski definition) is 6. The normalized spacial score (nSPS) is 16.1. The van der Waals surface area contributed by atoms with Crippen molar-refractivity contribution in [2.24, 2.45) is 0 Å². The molecule has 0 spiro atoms. The first-order valence-corrected chi connectivity index (χ1v) is 11.3. The van der Waals surface area contributed by atoms with Gasteiger partial charge in [-0.2, -0.15) is 10.1 Å². The van der Waals surface area contributed by atoms with Crippen molar-refractivity contribution in [3.8, 4) is 0 Å². The number of aromatic amines is 1. The maximum absolute atomic E-state index is 12.6. The predicted molar refractivity (Wildman–Crippen MR) is 122 cm³/mol. The van der Waals surface area contributed by atoms with Gasteiger partial charge in [0, 0.05) is 24.0 Å². The Bertz CT molecular complexity index is 1290. The van der Waals surface area contributed by atoms with Crippen LogP contribution in [0.4, 0.5) is 5.95 Å². The number of nitrogens with zero attached hydrogens (tertiary/aromatic N) is 5. The molecule has 0 atom stereocenters. The van der Waals surface area contributed by atoms with Gasteiger partial charge in [0.1, 0.15) is 5.39 Å². The van der Waals surface area contributed by atoms with E-state index in [4.69, 9.17) is 21.6 Å². The number of fused-ring (bicyclic) bond motifs is 2.